The van der Waals surface area contributed by atoms with Gasteiger partial charge in [-0.25, -0.2) is 4.98 Å². The Bertz CT molecular complexity index is 919. The van der Waals surface area contributed by atoms with Crippen LogP contribution in [-0.2, 0) is 17.6 Å². The zero-order valence-corrected chi connectivity index (χ0v) is 14.4. The van der Waals surface area contributed by atoms with E-state index in [-0.39, 0.29) is 5.91 Å². The third-order valence-electron chi connectivity index (χ3n) is 4.43. The number of oxazole rings is 1. The number of benzene rings is 2. The van der Waals surface area contributed by atoms with Crippen LogP contribution in [0.25, 0.3) is 11.3 Å². The second-order valence-corrected chi connectivity index (χ2v) is 6.43. The fourth-order valence-electron chi connectivity index (χ4n) is 3.16. The first kappa shape index (κ1) is 15.9. The Labute approximate surface area is 151 Å². The minimum Gasteiger partial charge on any atom is -0.441 e. The highest BCUT2D eigenvalue weighted by Gasteiger charge is 2.24. The predicted molar refractivity (Wildman–Crippen MR) is 97.8 cm³/mol. The van der Waals surface area contributed by atoms with E-state index in [9.17, 15) is 4.79 Å². The molecule has 3 aromatic rings. The van der Waals surface area contributed by atoms with Gasteiger partial charge in [0.1, 0.15) is 0 Å². The molecule has 0 atom stereocenters. The van der Waals surface area contributed by atoms with Crippen LogP contribution in [0, 0.1) is 0 Å². The van der Waals surface area contributed by atoms with Crippen molar-refractivity contribution in [2.75, 3.05) is 11.4 Å². The van der Waals surface area contributed by atoms with Crippen molar-refractivity contribution in [1.82, 2.24) is 4.98 Å². The second kappa shape index (κ2) is 6.73. The molecule has 0 radical (unpaired) electrons. The van der Waals surface area contributed by atoms with E-state index in [4.69, 9.17) is 16.0 Å². The molecular weight excluding hydrogens is 336 g/mol. The number of carbonyl (C=O) groups is 1. The average molecular weight is 353 g/mol. The smallest absolute Gasteiger partial charge is 0.227 e. The van der Waals surface area contributed by atoms with Crippen molar-refractivity contribution in [3.8, 4) is 11.3 Å². The van der Waals surface area contributed by atoms with Crippen LogP contribution in [0.4, 0.5) is 5.69 Å². The molecule has 4 rings (SSSR count). The second-order valence-electron chi connectivity index (χ2n) is 6.02. The number of halogens is 1. The van der Waals surface area contributed by atoms with Gasteiger partial charge in [0.15, 0.2) is 11.7 Å². The number of nitrogens with zero attached hydrogens (tertiary/aromatic N) is 2. The van der Waals surface area contributed by atoms with Crippen molar-refractivity contribution < 1.29 is 9.21 Å². The van der Waals surface area contributed by atoms with Gasteiger partial charge in [-0.15, -0.1) is 0 Å². The first-order valence-electron chi connectivity index (χ1n) is 8.30. The third-order valence-corrected chi connectivity index (χ3v) is 4.76. The summed E-state index contributed by atoms with van der Waals surface area (Å²) in [5.74, 6) is 1.28. The summed E-state index contributed by atoms with van der Waals surface area (Å²) in [6.07, 6.45) is 3.42. The number of aromatic nitrogens is 1. The third kappa shape index (κ3) is 3.17. The summed E-state index contributed by atoms with van der Waals surface area (Å²) in [6, 6.07) is 15.5. The summed E-state index contributed by atoms with van der Waals surface area (Å²) in [5.41, 5.74) is 3.06. The first-order chi connectivity index (χ1) is 12.2. The lowest BCUT2D eigenvalue weighted by Gasteiger charge is -2.16. The normalized spacial score (nSPS) is 13.1. The lowest BCUT2D eigenvalue weighted by atomic mass is 10.2. The van der Waals surface area contributed by atoms with E-state index in [0.717, 1.165) is 24.2 Å². The molecule has 0 bridgehead atoms. The Hall–Kier alpha value is -2.59. The number of aryl methyl sites for hydroxylation is 1. The van der Waals surface area contributed by atoms with Crippen molar-refractivity contribution in [2.45, 2.75) is 19.3 Å². The zero-order valence-electron chi connectivity index (χ0n) is 13.6. The first-order valence-corrected chi connectivity index (χ1v) is 8.68. The van der Waals surface area contributed by atoms with Crippen LogP contribution in [0.15, 0.2) is 59.1 Å². The monoisotopic (exact) mass is 352 g/mol. The number of fused-ring (bicyclic) bond motifs is 1. The summed E-state index contributed by atoms with van der Waals surface area (Å²) in [6.45, 7) is 0.745. The van der Waals surface area contributed by atoms with Gasteiger partial charge in [0.2, 0.25) is 5.91 Å². The summed E-state index contributed by atoms with van der Waals surface area (Å²) in [5, 5.41) is 0.620. The Kier molecular flexibility index (Phi) is 4.28. The fourth-order valence-corrected chi connectivity index (χ4v) is 3.39. The van der Waals surface area contributed by atoms with Crippen molar-refractivity contribution in [3.63, 3.8) is 0 Å². The van der Waals surface area contributed by atoms with E-state index in [1.54, 1.807) is 6.20 Å². The maximum absolute atomic E-state index is 12.5. The van der Waals surface area contributed by atoms with Gasteiger partial charge in [0, 0.05) is 30.6 Å². The van der Waals surface area contributed by atoms with Gasteiger partial charge in [0.05, 0.1) is 11.2 Å². The molecular formula is C20H17ClN2O2. The summed E-state index contributed by atoms with van der Waals surface area (Å²) in [4.78, 5) is 18.7. The van der Waals surface area contributed by atoms with Gasteiger partial charge in [-0.05, 0) is 30.2 Å². The number of hydrogen-bond acceptors (Lipinski definition) is 3. The number of rotatable bonds is 4. The van der Waals surface area contributed by atoms with Crippen LogP contribution in [0.1, 0.15) is 17.9 Å². The van der Waals surface area contributed by atoms with Gasteiger partial charge in [-0.3, -0.25) is 4.79 Å². The molecule has 0 unspecified atom stereocenters. The van der Waals surface area contributed by atoms with Crippen LogP contribution >= 0.6 is 11.6 Å². The maximum atomic E-state index is 12.5. The SMILES string of the molecule is O=C(CCc1ncc(-c2ccccc2Cl)o1)N1CCc2ccccc21. The van der Waals surface area contributed by atoms with E-state index in [1.807, 2.05) is 47.4 Å². The molecule has 2 aromatic carbocycles. The van der Waals surface area contributed by atoms with E-state index in [1.165, 1.54) is 5.56 Å². The summed E-state index contributed by atoms with van der Waals surface area (Å²) < 4.78 is 5.77. The predicted octanol–water partition coefficient (Wildman–Crippen LogP) is 4.52. The Balaban J connectivity index is 1.43. The quantitative estimate of drug-likeness (QED) is 0.693. The summed E-state index contributed by atoms with van der Waals surface area (Å²) >= 11 is 6.18. The fraction of sp³-hybridized carbons (Fsp3) is 0.200. The van der Waals surface area contributed by atoms with Crippen LogP contribution in [0.5, 0.6) is 0 Å². The maximum Gasteiger partial charge on any atom is 0.227 e. The molecule has 1 aliphatic heterocycles. The largest absolute Gasteiger partial charge is 0.441 e. The van der Waals surface area contributed by atoms with Crippen molar-refractivity contribution >= 4 is 23.2 Å². The highest BCUT2D eigenvalue weighted by molar-refractivity contribution is 6.33. The van der Waals surface area contributed by atoms with Gasteiger partial charge < -0.3 is 9.32 Å². The lowest BCUT2D eigenvalue weighted by Crippen LogP contribution is -2.29. The minimum atomic E-state index is 0.0995. The molecule has 1 amide bonds. The van der Waals surface area contributed by atoms with Crippen LogP contribution in [-0.4, -0.2) is 17.4 Å². The van der Waals surface area contributed by atoms with Gasteiger partial charge in [-0.2, -0.15) is 0 Å². The summed E-state index contributed by atoms with van der Waals surface area (Å²) in [7, 11) is 0. The molecule has 0 fully saturated rings. The Morgan fingerprint density at radius 1 is 1.16 bits per heavy atom. The van der Waals surface area contributed by atoms with Gasteiger partial charge in [0.25, 0.3) is 0 Å². The Morgan fingerprint density at radius 2 is 1.96 bits per heavy atom. The molecule has 0 aliphatic carbocycles. The molecule has 126 valence electrons. The van der Waals surface area contributed by atoms with E-state index >= 15 is 0 Å². The van der Waals surface area contributed by atoms with Crippen molar-refractivity contribution in [2.24, 2.45) is 0 Å². The van der Waals surface area contributed by atoms with E-state index in [2.05, 4.69) is 11.1 Å². The molecule has 0 spiro atoms. The van der Waals surface area contributed by atoms with Gasteiger partial charge >= 0.3 is 0 Å². The number of hydrogen-bond donors (Lipinski definition) is 0. The molecule has 1 aromatic heterocycles. The average Bonchev–Trinajstić information content (AvgIpc) is 3.27. The van der Waals surface area contributed by atoms with Crippen LogP contribution < -0.4 is 4.90 Å². The number of anilines is 1. The standard InChI is InChI=1S/C20H17ClN2O2/c21-16-7-3-2-6-15(16)18-13-22-19(25-18)9-10-20(24)23-12-11-14-5-1-4-8-17(14)23/h1-8,13H,9-12H2. The zero-order chi connectivity index (χ0) is 17.2. The topological polar surface area (TPSA) is 46.3 Å². The molecule has 1 aliphatic rings. The highest BCUT2D eigenvalue weighted by atomic mass is 35.5. The molecule has 0 N–H and O–H groups in total. The van der Waals surface area contributed by atoms with Crippen LogP contribution in [0.3, 0.4) is 0 Å². The van der Waals surface area contributed by atoms with Gasteiger partial charge in [-0.1, -0.05) is 41.9 Å². The number of carbonyl (C=O) groups excluding carboxylic acids is 1. The molecule has 0 saturated carbocycles. The van der Waals surface area contributed by atoms with Crippen molar-refractivity contribution in [1.29, 1.82) is 0 Å². The highest BCUT2D eigenvalue weighted by Crippen LogP contribution is 2.29. The number of para-hydroxylation sites is 1. The molecule has 0 saturated heterocycles. The van der Waals surface area contributed by atoms with E-state index < -0.39 is 0 Å². The molecule has 5 heteroatoms. The van der Waals surface area contributed by atoms with E-state index in [0.29, 0.717) is 29.5 Å². The minimum absolute atomic E-state index is 0.0995. The van der Waals surface area contributed by atoms with Crippen LogP contribution in [0.2, 0.25) is 5.02 Å². The Morgan fingerprint density at radius 3 is 2.84 bits per heavy atom. The lowest BCUT2D eigenvalue weighted by molar-refractivity contribution is -0.118. The molecule has 2 heterocycles. The van der Waals surface area contributed by atoms with Crippen molar-refractivity contribution in [3.05, 3.63) is 71.2 Å². The number of amides is 1. The molecule has 25 heavy (non-hydrogen) atoms. The molecule has 4 nitrogen and oxygen atoms in total.